The Morgan fingerprint density at radius 1 is 1.04 bits per heavy atom. The average Bonchev–Trinajstić information content (AvgIpc) is 3.78. The quantitative estimate of drug-likeness (QED) is 0.212. The number of hydrogen-bond donors (Lipinski definition) is 0. The van der Waals surface area contributed by atoms with Gasteiger partial charge in [-0.15, -0.1) is 0 Å². The Morgan fingerprint density at radius 2 is 1.80 bits per heavy atom. The minimum atomic E-state index is -0.563. The van der Waals surface area contributed by atoms with Gasteiger partial charge in [-0.05, 0) is 63.4 Å². The fourth-order valence-electron chi connectivity index (χ4n) is 6.67. The Balaban J connectivity index is 1.29. The molecule has 266 valence electrons. The van der Waals surface area contributed by atoms with E-state index in [1.54, 1.807) is 35.9 Å². The molecule has 0 saturated carbocycles. The Labute approximate surface area is 296 Å². The number of piperidine rings is 1. The maximum Gasteiger partial charge on any atom is 0.410 e. The van der Waals surface area contributed by atoms with Gasteiger partial charge in [0.05, 0.1) is 10.4 Å². The predicted octanol–water partition coefficient (Wildman–Crippen LogP) is 6.64. The van der Waals surface area contributed by atoms with Crippen molar-refractivity contribution in [2.24, 2.45) is 0 Å². The third kappa shape index (κ3) is 7.60. The number of likely N-dealkylation sites (tertiary alicyclic amines) is 1. The van der Waals surface area contributed by atoms with Gasteiger partial charge in [0.25, 0.3) is 5.91 Å². The van der Waals surface area contributed by atoms with Crippen LogP contribution in [0.2, 0.25) is 5.02 Å². The summed E-state index contributed by atoms with van der Waals surface area (Å²) < 4.78 is 29.8. The topological polar surface area (TPSA) is 104 Å². The minimum absolute atomic E-state index is 0.000326. The van der Waals surface area contributed by atoms with Crippen LogP contribution in [0.25, 0.3) is 22.1 Å². The highest BCUT2D eigenvalue weighted by Crippen LogP contribution is 2.42. The van der Waals surface area contributed by atoms with E-state index in [9.17, 15) is 14.4 Å². The molecular weight excluding hydrogens is 663 g/mol. The normalized spacial score (nSPS) is 16.9. The van der Waals surface area contributed by atoms with Crippen molar-refractivity contribution in [3.8, 4) is 11.1 Å². The Morgan fingerprint density at radius 3 is 2.46 bits per heavy atom. The van der Waals surface area contributed by atoms with Crippen LogP contribution < -0.4 is 4.90 Å². The van der Waals surface area contributed by atoms with Crippen LogP contribution in [0.3, 0.4) is 0 Å². The molecule has 2 aromatic heterocycles. The summed E-state index contributed by atoms with van der Waals surface area (Å²) in [4.78, 5) is 45.8. The number of fused-ring (bicyclic) bond motifs is 1. The van der Waals surface area contributed by atoms with E-state index in [-0.39, 0.29) is 40.6 Å². The van der Waals surface area contributed by atoms with Gasteiger partial charge < -0.3 is 28.8 Å². The van der Waals surface area contributed by atoms with E-state index in [0.29, 0.717) is 80.4 Å². The first-order valence-electron chi connectivity index (χ1n) is 17.0. The van der Waals surface area contributed by atoms with Gasteiger partial charge in [0.1, 0.15) is 17.0 Å². The van der Waals surface area contributed by atoms with Crippen LogP contribution in [0.15, 0.2) is 53.2 Å². The third-order valence-electron chi connectivity index (χ3n) is 9.25. The number of ether oxygens (including phenoxy) is 1. The molecule has 3 amide bonds. The molecule has 2 saturated heterocycles. The summed E-state index contributed by atoms with van der Waals surface area (Å²) in [5.41, 5.74) is 2.23. The summed E-state index contributed by atoms with van der Waals surface area (Å²) in [6.45, 7) is 9.24. The first-order valence-corrected chi connectivity index (χ1v) is 17.4. The van der Waals surface area contributed by atoms with Gasteiger partial charge in [-0.2, -0.15) is 5.10 Å². The molecular formula is C37H44ClFN6O5. The van der Waals surface area contributed by atoms with Crippen LogP contribution >= 0.6 is 11.6 Å². The summed E-state index contributed by atoms with van der Waals surface area (Å²) >= 11 is 6.99. The van der Waals surface area contributed by atoms with Crippen molar-refractivity contribution >= 4 is 46.2 Å². The fraction of sp³-hybridized carbons (Fsp3) is 0.459. The summed E-state index contributed by atoms with van der Waals surface area (Å²) in [7, 11) is 3.22. The van der Waals surface area contributed by atoms with E-state index in [0.717, 1.165) is 12.1 Å². The van der Waals surface area contributed by atoms with Gasteiger partial charge >= 0.3 is 6.09 Å². The molecule has 0 bridgehead atoms. The Bertz CT molecular complexity index is 1880. The number of carbonyl (C=O) groups excluding carboxylic acids is 3. The standard InChI is InChI=1S/C37H44ClFN6O5/c1-37(2,3)50-36(48)43-18-16-42(17-19-43)25-9-10-26(30(38)20-25)28-21-27(33(39)29-22-31(49-34(28)29)35(47)41(4)5)24-8-6-13-44(23-24)32(46)11-15-45-14-7-12-40-45/h7,9-10,12,14,20-22,24H,6,8,11,13,15-19,23H2,1-5H3/t24-/m1/s1. The maximum atomic E-state index is 16.5. The largest absolute Gasteiger partial charge is 0.450 e. The lowest BCUT2D eigenvalue weighted by atomic mass is 9.87. The molecule has 4 heterocycles. The molecule has 2 aliphatic rings. The number of rotatable bonds is 7. The average molecular weight is 707 g/mol. The summed E-state index contributed by atoms with van der Waals surface area (Å²) in [6.07, 6.45) is 4.91. The van der Waals surface area contributed by atoms with Crippen molar-refractivity contribution in [2.75, 3.05) is 58.3 Å². The maximum absolute atomic E-state index is 16.5. The number of furan rings is 1. The Hall–Kier alpha value is -4.58. The van der Waals surface area contributed by atoms with Crippen molar-refractivity contribution in [3.05, 3.63) is 71.0 Å². The first kappa shape index (κ1) is 35.3. The zero-order valence-electron chi connectivity index (χ0n) is 29.2. The molecule has 2 fully saturated rings. The van der Waals surface area contributed by atoms with Crippen LogP contribution in [0, 0.1) is 5.82 Å². The second-order valence-electron chi connectivity index (χ2n) is 14.2. The number of carbonyl (C=O) groups is 3. The molecule has 50 heavy (non-hydrogen) atoms. The molecule has 2 aromatic carbocycles. The first-order chi connectivity index (χ1) is 23.8. The predicted molar refractivity (Wildman–Crippen MR) is 190 cm³/mol. The molecule has 0 N–H and O–H groups in total. The van der Waals surface area contributed by atoms with E-state index in [1.165, 1.54) is 11.0 Å². The van der Waals surface area contributed by atoms with Gasteiger partial charge in [0.2, 0.25) is 5.91 Å². The van der Waals surface area contributed by atoms with E-state index in [4.69, 9.17) is 20.8 Å². The number of nitrogens with zero attached hydrogens (tertiary/aromatic N) is 6. The molecule has 6 rings (SSSR count). The van der Waals surface area contributed by atoms with Crippen molar-refractivity contribution in [1.82, 2.24) is 24.5 Å². The molecule has 2 aliphatic heterocycles. The summed E-state index contributed by atoms with van der Waals surface area (Å²) in [6, 6.07) is 10.8. The highest BCUT2D eigenvalue weighted by molar-refractivity contribution is 6.34. The zero-order chi connectivity index (χ0) is 35.7. The highest BCUT2D eigenvalue weighted by atomic mass is 35.5. The van der Waals surface area contributed by atoms with E-state index in [2.05, 4.69) is 10.00 Å². The smallest absolute Gasteiger partial charge is 0.410 e. The van der Waals surface area contributed by atoms with Crippen molar-refractivity contribution < 1.29 is 27.9 Å². The number of anilines is 1. The second-order valence-corrected chi connectivity index (χ2v) is 14.6. The molecule has 0 aliphatic carbocycles. The molecule has 13 heteroatoms. The van der Waals surface area contributed by atoms with Gasteiger partial charge in [0, 0.05) is 108 Å². The number of aryl methyl sites for hydroxylation is 1. The van der Waals surface area contributed by atoms with E-state index in [1.807, 2.05) is 56.1 Å². The molecule has 4 aromatic rings. The molecule has 0 radical (unpaired) electrons. The Kier molecular flexibility index (Phi) is 10.1. The number of piperazine rings is 1. The number of benzene rings is 2. The lowest BCUT2D eigenvalue weighted by Crippen LogP contribution is -2.50. The number of amides is 3. The van der Waals surface area contributed by atoms with Crippen LogP contribution in [-0.2, 0) is 16.1 Å². The van der Waals surface area contributed by atoms with Crippen molar-refractivity contribution in [2.45, 2.75) is 58.1 Å². The third-order valence-corrected chi connectivity index (χ3v) is 9.56. The monoisotopic (exact) mass is 706 g/mol. The van der Waals surface area contributed by atoms with Gasteiger partial charge in [-0.1, -0.05) is 17.7 Å². The van der Waals surface area contributed by atoms with Crippen molar-refractivity contribution in [3.63, 3.8) is 0 Å². The molecule has 0 unspecified atom stereocenters. The van der Waals surface area contributed by atoms with Crippen LogP contribution in [0.4, 0.5) is 14.9 Å². The second kappa shape index (κ2) is 14.3. The van der Waals surface area contributed by atoms with Crippen LogP contribution in [0.1, 0.15) is 62.1 Å². The summed E-state index contributed by atoms with van der Waals surface area (Å²) in [5, 5.41) is 4.82. The number of aromatic nitrogens is 2. The zero-order valence-corrected chi connectivity index (χ0v) is 30.0. The van der Waals surface area contributed by atoms with E-state index < -0.39 is 11.4 Å². The molecule has 11 nitrogen and oxygen atoms in total. The number of halogens is 2. The van der Waals surface area contributed by atoms with Gasteiger partial charge in [-0.25, -0.2) is 9.18 Å². The lowest BCUT2D eigenvalue weighted by molar-refractivity contribution is -0.132. The summed E-state index contributed by atoms with van der Waals surface area (Å²) in [5.74, 6) is -1.08. The SMILES string of the molecule is CN(C)C(=O)c1cc2c(F)c([C@@H]3CCCN(C(=O)CCn4cccn4)C3)cc(-c3ccc(N4CCN(C(=O)OC(C)(C)C)CC4)cc3Cl)c2o1. The van der Waals surface area contributed by atoms with E-state index >= 15 is 4.39 Å². The highest BCUT2D eigenvalue weighted by Gasteiger charge is 2.31. The fourth-order valence-corrected chi connectivity index (χ4v) is 6.94. The van der Waals surface area contributed by atoms with Gasteiger partial charge in [-0.3, -0.25) is 14.3 Å². The van der Waals surface area contributed by atoms with Gasteiger partial charge in [0.15, 0.2) is 5.76 Å². The van der Waals surface area contributed by atoms with Crippen LogP contribution in [-0.4, -0.2) is 101 Å². The lowest BCUT2D eigenvalue weighted by Gasteiger charge is -2.37. The molecule has 0 spiro atoms. The molecule has 1 atom stereocenters. The van der Waals surface area contributed by atoms with Crippen molar-refractivity contribution in [1.29, 1.82) is 0 Å². The minimum Gasteiger partial charge on any atom is -0.450 e. The number of hydrogen-bond acceptors (Lipinski definition) is 7. The van der Waals surface area contributed by atoms with Crippen LogP contribution in [0.5, 0.6) is 0 Å².